The normalized spacial score (nSPS) is 19.0. The molecule has 0 spiro atoms. The average molecular weight is 321 g/mol. The molecule has 1 saturated heterocycles. The van der Waals surface area contributed by atoms with Gasteiger partial charge in [-0.2, -0.15) is 0 Å². The number of hydrogen-bond acceptors (Lipinski definition) is 5. The van der Waals surface area contributed by atoms with Crippen LogP contribution in [0, 0.1) is 0 Å². The molecule has 1 fully saturated rings. The highest BCUT2D eigenvalue weighted by molar-refractivity contribution is 6.53. The molecule has 0 saturated carbocycles. The minimum Gasteiger partial charge on any atom is -0.373 e. The van der Waals surface area contributed by atoms with Crippen LogP contribution in [0.5, 0.6) is 0 Å². The molecule has 0 bridgehead atoms. The SMILES string of the molecule is CC(C)O[Si](OCCCCC1CO1)(OC(C)C)OC(C)C. The molecule has 1 atom stereocenters. The fraction of sp³-hybridized carbons (Fsp3) is 1.00. The molecule has 126 valence electrons. The van der Waals surface area contributed by atoms with E-state index in [0.29, 0.717) is 12.7 Å². The fourth-order valence-electron chi connectivity index (χ4n) is 1.96. The molecule has 0 aromatic heterocycles. The molecule has 6 heteroatoms. The van der Waals surface area contributed by atoms with Crippen molar-refractivity contribution in [2.45, 2.75) is 85.2 Å². The van der Waals surface area contributed by atoms with E-state index >= 15 is 0 Å². The number of unbranched alkanes of at least 4 members (excludes halogenated alkanes) is 1. The zero-order chi connectivity index (χ0) is 15.9. The average Bonchev–Trinajstić information content (AvgIpc) is 3.09. The van der Waals surface area contributed by atoms with Crippen molar-refractivity contribution in [3.63, 3.8) is 0 Å². The third-order valence-corrected chi connectivity index (χ3v) is 5.58. The predicted octanol–water partition coefficient (Wildman–Crippen LogP) is 3.28. The summed E-state index contributed by atoms with van der Waals surface area (Å²) in [6, 6.07) is 0. The van der Waals surface area contributed by atoms with Gasteiger partial charge in [-0.05, 0) is 60.8 Å². The van der Waals surface area contributed by atoms with Crippen LogP contribution < -0.4 is 0 Å². The lowest BCUT2D eigenvalue weighted by Gasteiger charge is -2.32. The van der Waals surface area contributed by atoms with Crippen molar-refractivity contribution in [1.82, 2.24) is 0 Å². The molecule has 0 aromatic carbocycles. The standard InChI is InChI=1S/C15H32O5Si/c1-12(2)18-21(19-13(3)4,20-14(5)6)17-10-8-7-9-15-11-16-15/h12-15H,7-11H2,1-6H3. The molecule has 1 aliphatic heterocycles. The van der Waals surface area contributed by atoms with E-state index in [1.807, 2.05) is 41.5 Å². The Morgan fingerprint density at radius 1 is 0.905 bits per heavy atom. The van der Waals surface area contributed by atoms with Crippen LogP contribution in [0.4, 0.5) is 0 Å². The van der Waals surface area contributed by atoms with Crippen molar-refractivity contribution in [1.29, 1.82) is 0 Å². The van der Waals surface area contributed by atoms with Crippen LogP contribution in [0.3, 0.4) is 0 Å². The Labute approximate surface area is 130 Å². The van der Waals surface area contributed by atoms with Gasteiger partial charge in [0.1, 0.15) is 0 Å². The molecule has 1 unspecified atom stereocenters. The molecular formula is C15H32O5Si. The highest BCUT2D eigenvalue weighted by Gasteiger charge is 2.48. The summed E-state index contributed by atoms with van der Waals surface area (Å²) in [5.41, 5.74) is 0. The van der Waals surface area contributed by atoms with Crippen molar-refractivity contribution in [2.24, 2.45) is 0 Å². The van der Waals surface area contributed by atoms with E-state index in [4.69, 9.17) is 22.4 Å². The lowest BCUT2D eigenvalue weighted by Crippen LogP contribution is -2.53. The monoisotopic (exact) mass is 320 g/mol. The largest absolute Gasteiger partial charge is 0.680 e. The summed E-state index contributed by atoms with van der Waals surface area (Å²) < 4.78 is 29.0. The Balaban J connectivity index is 2.48. The van der Waals surface area contributed by atoms with Crippen molar-refractivity contribution in [3.05, 3.63) is 0 Å². The molecule has 5 nitrogen and oxygen atoms in total. The van der Waals surface area contributed by atoms with Gasteiger partial charge in [-0.3, -0.25) is 0 Å². The van der Waals surface area contributed by atoms with E-state index in [0.717, 1.165) is 25.9 Å². The number of hydrogen-bond donors (Lipinski definition) is 0. The third-order valence-electron chi connectivity index (χ3n) is 2.74. The first-order valence-electron chi connectivity index (χ1n) is 8.12. The van der Waals surface area contributed by atoms with Gasteiger partial charge < -0.3 is 22.4 Å². The van der Waals surface area contributed by atoms with Crippen molar-refractivity contribution < 1.29 is 22.4 Å². The first-order valence-corrected chi connectivity index (χ1v) is 9.75. The summed E-state index contributed by atoms with van der Waals surface area (Å²) in [5.74, 6) is 0. The van der Waals surface area contributed by atoms with Crippen LogP contribution in [0.25, 0.3) is 0 Å². The summed E-state index contributed by atoms with van der Waals surface area (Å²) in [6.45, 7) is 13.4. The minimum absolute atomic E-state index is 0.00836. The molecule has 1 heterocycles. The second kappa shape index (κ2) is 9.22. The number of rotatable bonds is 12. The maximum absolute atomic E-state index is 6.00. The second-order valence-electron chi connectivity index (χ2n) is 6.30. The Morgan fingerprint density at radius 3 is 1.76 bits per heavy atom. The van der Waals surface area contributed by atoms with E-state index in [2.05, 4.69) is 0 Å². The zero-order valence-corrected chi connectivity index (χ0v) is 15.4. The lowest BCUT2D eigenvalue weighted by molar-refractivity contribution is -0.0750. The molecule has 0 aromatic rings. The second-order valence-corrected chi connectivity index (χ2v) is 8.30. The summed E-state index contributed by atoms with van der Waals surface area (Å²) in [4.78, 5) is 0. The number of ether oxygens (including phenoxy) is 1. The Morgan fingerprint density at radius 2 is 1.38 bits per heavy atom. The van der Waals surface area contributed by atoms with Gasteiger partial charge in [0.05, 0.1) is 12.7 Å². The maximum Gasteiger partial charge on any atom is 0.680 e. The van der Waals surface area contributed by atoms with E-state index in [-0.39, 0.29) is 18.3 Å². The molecule has 0 amide bonds. The van der Waals surface area contributed by atoms with Gasteiger partial charge >= 0.3 is 9.05 Å². The molecule has 0 radical (unpaired) electrons. The zero-order valence-electron chi connectivity index (χ0n) is 14.4. The van der Waals surface area contributed by atoms with Crippen molar-refractivity contribution >= 4 is 9.05 Å². The van der Waals surface area contributed by atoms with Crippen LogP contribution in [0.1, 0.15) is 60.8 Å². The third kappa shape index (κ3) is 8.90. The molecule has 0 N–H and O–H groups in total. The van der Waals surface area contributed by atoms with Crippen LogP contribution in [0.15, 0.2) is 0 Å². The van der Waals surface area contributed by atoms with E-state index in [9.17, 15) is 0 Å². The van der Waals surface area contributed by atoms with Crippen LogP contribution in [-0.2, 0) is 22.4 Å². The quantitative estimate of drug-likeness (QED) is 0.314. The van der Waals surface area contributed by atoms with Crippen LogP contribution in [-0.4, -0.2) is 46.7 Å². The summed E-state index contributed by atoms with van der Waals surface area (Å²) in [6.07, 6.45) is 3.69. The molecule has 0 aliphatic carbocycles. The summed E-state index contributed by atoms with van der Waals surface area (Å²) in [7, 11) is -3.08. The fourth-order valence-corrected chi connectivity index (χ4v) is 4.45. The Hall–Kier alpha value is 0.0169. The minimum atomic E-state index is -3.08. The van der Waals surface area contributed by atoms with Crippen LogP contribution >= 0.6 is 0 Å². The topological polar surface area (TPSA) is 49.5 Å². The van der Waals surface area contributed by atoms with Crippen LogP contribution in [0.2, 0.25) is 0 Å². The Kier molecular flexibility index (Phi) is 8.37. The smallest absolute Gasteiger partial charge is 0.373 e. The van der Waals surface area contributed by atoms with Gasteiger partial charge in [0.15, 0.2) is 0 Å². The van der Waals surface area contributed by atoms with Gasteiger partial charge in [-0.25, -0.2) is 0 Å². The Bertz CT molecular complexity index is 253. The molecule has 21 heavy (non-hydrogen) atoms. The van der Waals surface area contributed by atoms with E-state index in [1.54, 1.807) is 0 Å². The summed E-state index contributed by atoms with van der Waals surface area (Å²) in [5, 5.41) is 0. The van der Waals surface area contributed by atoms with Gasteiger partial charge in [0, 0.05) is 24.9 Å². The van der Waals surface area contributed by atoms with Gasteiger partial charge in [0.25, 0.3) is 0 Å². The van der Waals surface area contributed by atoms with Gasteiger partial charge in [0.2, 0.25) is 0 Å². The first-order chi connectivity index (χ1) is 9.83. The summed E-state index contributed by atoms with van der Waals surface area (Å²) >= 11 is 0. The molecule has 1 aliphatic rings. The van der Waals surface area contributed by atoms with Crippen molar-refractivity contribution in [3.8, 4) is 0 Å². The van der Waals surface area contributed by atoms with Gasteiger partial charge in [-0.1, -0.05) is 0 Å². The van der Waals surface area contributed by atoms with E-state index < -0.39 is 9.05 Å². The van der Waals surface area contributed by atoms with Gasteiger partial charge in [-0.15, -0.1) is 0 Å². The molecule has 1 rings (SSSR count). The predicted molar refractivity (Wildman–Crippen MR) is 84.0 cm³/mol. The first kappa shape index (κ1) is 19.1. The lowest BCUT2D eigenvalue weighted by atomic mass is 10.2. The highest BCUT2D eigenvalue weighted by atomic mass is 28.4. The van der Waals surface area contributed by atoms with Crippen molar-refractivity contribution in [2.75, 3.05) is 13.2 Å². The number of epoxide rings is 1. The van der Waals surface area contributed by atoms with E-state index in [1.165, 1.54) is 0 Å². The maximum atomic E-state index is 6.00. The molecular weight excluding hydrogens is 288 g/mol. The highest BCUT2D eigenvalue weighted by Crippen LogP contribution is 2.21.